The highest BCUT2D eigenvalue weighted by atomic mass is 16.5. The third kappa shape index (κ3) is 5.29. The van der Waals surface area contributed by atoms with Crippen LogP contribution in [0.5, 0.6) is 0 Å². The molecule has 1 saturated heterocycles. The number of rotatable bonds is 6. The smallest absolute Gasteiger partial charge is 0.323 e. The molecular weight excluding hydrogens is 416 g/mol. The van der Waals surface area contributed by atoms with Gasteiger partial charge in [0, 0.05) is 29.9 Å². The van der Waals surface area contributed by atoms with Gasteiger partial charge in [-0.3, -0.25) is 14.5 Å². The number of amides is 1. The minimum Gasteiger partial charge on any atom is -0.468 e. The number of aromatic nitrogens is 2. The number of carbonyl (C=O) groups excluding carboxylic acids is 2. The van der Waals surface area contributed by atoms with E-state index in [1.54, 1.807) is 0 Å². The number of esters is 1. The first-order chi connectivity index (χ1) is 16.0. The maximum Gasteiger partial charge on any atom is 0.323 e. The van der Waals surface area contributed by atoms with Crippen LogP contribution < -0.4 is 5.32 Å². The predicted molar refractivity (Wildman–Crippen MR) is 127 cm³/mol. The second-order valence-corrected chi connectivity index (χ2v) is 9.45. The summed E-state index contributed by atoms with van der Waals surface area (Å²) in [5.41, 5.74) is 3.79. The molecule has 1 N–H and O–H groups in total. The number of benzene rings is 1. The summed E-state index contributed by atoms with van der Waals surface area (Å²) in [6.45, 7) is 4.66. The lowest BCUT2D eigenvalue weighted by molar-refractivity contribution is -0.146. The molecule has 7 nitrogen and oxygen atoms in total. The molecule has 178 valence electrons. The number of hydrogen-bond donors (Lipinski definition) is 1. The van der Waals surface area contributed by atoms with Gasteiger partial charge in [-0.2, -0.15) is 5.10 Å². The molecule has 2 aromatic rings. The van der Waals surface area contributed by atoms with Crippen LogP contribution in [0.3, 0.4) is 0 Å². The Balaban J connectivity index is 1.43. The molecule has 33 heavy (non-hydrogen) atoms. The van der Waals surface area contributed by atoms with Gasteiger partial charge in [-0.05, 0) is 45.2 Å². The Hall–Kier alpha value is -2.67. The van der Waals surface area contributed by atoms with Crippen LogP contribution in [0, 0.1) is 13.8 Å². The number of likely N-dealkylation sites (tertiary alicyclic amines) is 1. The van der Waals surface area contributed by atoms with Gasteiger partial charge in [0.05, 0.1) is 24.9 Å². The second-order valence-electron chi connectivity index (χ2n) is 9.45. The first-order valence-electron chi connectivity index (χ1n) is 12.2. The van der Waals surface area contributed by atoms with E-state index in [0.717, 1.165) is 35.5 Å². The molecule has 2 atom stereocenters. The van der Waals surface area contributed by atoms with Crippen LogP contribution in [-0.2, 0) is 20.7 Å². The molecule has 0 unspecified atom stereocenters. The monoisotopic (exact) mass is 452 g/mol. The highest BCUT2D eigenvalue weighted by molar-refractivity contribution is 5.80. The van der Waals surface area contributed by atoms with Gasteiger partial charge >= 0.3 is 5.97 Å². The normalized spacial score (nSPS) is 22.2. The Bertz CT molecular complexity index is 963. The van der Waals surface area contributed by atoms with E-state index in [1.165, 1.54) is 32.8 Å². The largest absolute Gasteiger partial charge is 0.468 e. The molecular formula is C26H36N4O3. The van der Waals surface area contributed by atoms with Crippen LogP contribution in [0.1, 0.15) is 61.9 Å². The lowest BCUT2D eigenvalue weighted by atomic mass is 10.1. The fourth-order valence-corrected chi connectivity index (χ4v) is 5.52. The van der Waals surface area contributed by atoms with Crippen molar-refractivity contribution in [1.29, 1.82) is 0 Å². The van der Waals surface area contributed by atoms with E-state index in [0.29, 0.717) is 19.0 Å². The Morgan fingerprint density at radius 1 is 1.09 bits per heavy atom. The maximum atomic E-state index is 13.0. The topological polar surface area (TPSA) is 76.5 Å². The third-order valence-corrected chi connectivity index (χ3v) is 7.25. The summed E-state index contributed by atoms with van der Waals surface area (Å²) in [6, 6.07) is 10.0. The SMILES string of the molecule is COC(=O)[C@@H]1C[C@@H](NC(=O)Cc2c(C)nn(-c3ccccc3)c2C)CN1C1CCCCCC1. The molecule has 0 spiro atoms. The van der Waals surface area contributed by atoms with Gasteiger partial charge in [0.2, 0.25) is 5.91 Å². The lowest BCUT2D eigenvalue weighted by Gasteiger charge is -2.31. The van der Waals surface area contributed by atoms with Gasteiger partial charge in [0.1, 0.15) is 6.04 Å². The Morgan fingerprint density at radius 3 is 2.45 bits per heavy atom. The quantitative estimate of drug-likeness (QED) is 0.536. The molecule has 1 aromatic carbocycles. The molecule has 1 aliphatic carbocycles. The summed E-state index contributed by atoms with van der Waals surface area (Å²) >= 11 is 0. The van der Waals surface area contributed by atoms with Crippen LogP contribution in [-0.4, -0.2) is 58.3 Å². The molecule has 2 fully saturated rings. The van der Waals surface area contributed by atoms with Crippen molar-refractivity contribution in [2.24, 2.45) is 0 Å². The van der Waals surface area contributed by atoms with E-state index in [-0.39, 0.29) is 30.4 Å². The first-order valence-corrected chi connectivity index (χ1v) is 12.2. The molecule has 4 rings (SSSR count). The average Bonchev–Trinajstić information content (AvgIpc) is 3.21. The van der Waals surface area contributed by atoms with Crippen LogP contribution in [0.15, 0.2) is 30.3 Å². The van der Waals surface area contributed by atoms with Gasteiger partial charge < -0.3 is 10.1 Å². The summed E-state index contributed by atoms with van der Waals surface area (Å²) < 4.78 is 7.00. The van der Waals surface area contributed by atoms with Crippen LogP contribution in [0.25, 0.3) is 5.69 Å². The molecule has 7 heteroatoms. The van der Waals surface area contributed by atoms with Gasteiger partial charge in [0.25, 0.3) is 0 Å². The van der Waals surface area contributed by atoms with E-state index in [4.69, 9.17) is 4.74 Å². The fraction of sp³-hybridized carbons (Fsp3) is 0.577. The van der Waals surface area contributed by atoms with E-state index in [2.05, 4.69) is 15.3 Å². The van der Waals surface area contributed by atoms with Crippen molar-refractivity contribution in [3.63, 3.8) is 0 Å². The van der Waals surface area contributed by atoms with E-state index in [1.807, 2.05) is 48.9 Å². The van der Waals surface area contributed by atoms with E-state index < -0.39 is 0 Å². The number of nitrogens with one attached hydrogen (secondary N) is 1. The zero-order valence-corrected chi connectivity index (χ0v) is 20.0. The van der Waals surface area contributed by atoms with E-state index >= 15 is 0 Å². The number of carbonyl (C=O) groups is 2. The van der Waals surface area contributed by atoms with Crippen LogP contribution in [0.2, 0.25) is 0 Å². The van der Waals surface area contributed by atoms with E-state index in [9.17, 15) is 9.59 Å². The summed E-state index contributed by atoms with van der Waals surface area (Å²) in [6.07, 6.45) is 8.07. The Kier molecular flexibility index (Phi) is 7.48. The highest BCUT2D eigenvalue weighted by Gasteiger charge is 2.41. The van der Waals surface area contributed by atoms with Crippen molar-refractivity contribution in [1.82, 2.24) is 20.0 Å². The van der Waals surface area contributed by atoms with Crippen molar-refractivity contribution in [2.75, 3.05) is 13.7 Å². The summed E-state index contributed by atoms with van der Waals surface area (Å²) in [5.74, 6) is -0.211. The zero-order valence-electron chi connectivity index (χ0n) is 20.0. The fourth-order valence-electron chi connectivity index (χ4n) is 5.52. The van der Waals surface area contributed by atoms with Crippen LogP contribution >= 0.6 is 0 Å². The van der Waals surface area contributed by atoms with Gasteiger partial charge in [-0.15, -0.1) is 0 Å². The first kappa shape index (κ1) is 23.5. The van der Waals surface area contributed by atoms with Gasteiger partial charge in [-0.1, -0.05) is 43.9 Å². The lowest BCUT2D eigenvalue weighted by Crippen LogP contribution is -2.44. The maximum absolute atomic E-state index is 13.0. The summed E-state index contributed by atoms with van der Waals surface area (Å²) in [7, 11) is 1.45. The summed E-state index contributed by atoms with van der Waals surface area (Å²) in [4.78, 5) is 27.8. The number of methoxy groups -OCH3 is 1. The van der Waals surface area contributed by atoms with Gasteiger partial charge in [-0.25, -0.2) is 4.68 Å². The number of aryl methyl sites for hydroxylation is 1. The van der Waals surface area contributed by atoms with Crippen molar-refractivity contribution in [2.45, 2.75) is 83.3 Å². The zero-order chi connectivity index (χ0) is 23.4. The minimum absolute atomic E-state index is 0.0230. The molecule has 1 saturated carbocycles. The third-order valence-electron chi connectivity index (χ3n) is 7.25. The standard InChI is InChI=1S/C26H36N4O3/c1-18-23(19(2)30(28-18)22-13-9-6-10-14-22)16-25(31)27-20-15-24(26(32)33-3)29(17-20)21-11-7-4-5-8-12-21/h6,9-10,13-14,20-21,24H,4-5,7-8,11-12,15-17H2,1-3H3,(H,27,31)/t20-,24+/m1/s1. The molecule has 1 aliphatic heterocycles. The number of ether oxygens (including phenoxy) is 1. The molecule has 1 aromatic heterocycles. The Morgan fingerprint density at radius 2 is 1.79 bits per heavy atom. The Labute approximate surface area is 196 Å². The molecule has 0 bridgehead atoms. The molecule has 0 radical (unpaired) electrons. The number of hydrogen-bond acceptors (Lipinski definition) is 5. The van der Waals surface area contributed by atoms with Crippen molar-refractivity contribution >= 4 is 11.9 Å². The molecule has 2 aliphatic rings. The van der Waals surface area contributed by atoms with Crippen molar-refractivity contribution < 1.29 is 14.3 Å². The average molecular weight is 453 g/mol. The second kappa shape index (κ2) is 10.5. The van der Waals surface area contributed by atoms with Crippen molar-refractivity contribution in [3.05, 3.63) is 47.3 Å². The number of nitrogens with zero attached hydrogens (tertiary/aromatic N) is 3. The summed E-state index contributed by atoms with van der Waals surface area (Å²) in [5, 5.41) is 7.86. The van der Waals surface area contributed by atoms with Crippen molar-refractivity contribution in [3.8, 4) is 5.69 Å². The number of para-hydroxylation sites is 1. The minimum atomic E-state index is -0.271. The van der Waals surface area contributed by atoms with Crippen LogP contribution in [0.4, 0.5) is 0 Å². The molecule has 1 amide bonds. The van der Waals surface area contributed by atoms with Gasteiger partial charge in [0.15, 0.2) is 0 Å². The molecule has 2 heterocycles. The highest BCUT2D eigenvalue weighted by Crippen LogP contribution is 2.29. The predicted octanol–water partition coefficient (Wildman–Crippen LogP) is 3.49.